The lowest BCUT2D eigenvalue weighted by molar-refractivity contribution is -0.122. The Morgan fingerprint density at radius 2 is 1.81 bits per heavy atom. The van der Waals surface area contributed by atoms with Crippen LogP contribution in [0.3, 0.4) is 0 Å². The number of hydrogen-bond acceptors (Lipinski definition) is 4. The van der Waals surface area contributed by atoms with Crippen LogP contribution >= 0.6 is 0 Å². The molecule has 5 nitrogen and oxygen atoms in total. The first-order chi connectivity index (χ1) is 12.7. The third kappa shape index (κ3) is 5.71. The summed E-state index contributed by atoms with van der Waals surface area (Å²) >= 11 is 0. The van der Waals surface area contributed by atoms with Crippen molar-refractivity contribution >= 4 is 5.91 Å². The zero-order valence-electron chi connectivity index (χ0n) is 16.1. The minimum absolute atomic E-state index is 0.116. The summed E-state index contributed by atoms with van der Waals surface area (Å²) in [5, 5.41) is 3.04. The minimum Gasteiger partial charge on any atom is -0.494 e. The second-order valence-electron chi connectivity index (χ2n) is 7.52. The Kier molecular flexibility index (Phi) is 7.32. The molecule has 1 amide bonds. The maximum absolute atomic E-state index is 12.2. The van der Waals surface area contributed by atoms with Gasteiger partial charge < -0.3 is 10.1 Å². The molecule has 0 atom stereocenters. The van der Waals surface area contributed by atoms with Gasteiger partial charge >= 0.3 is 0 Å². The number of ether oxygens (including phenoxy) is 1. The maximum Gasteiger partial charge on any atom is 0.234 e. The van der Waals surface area contributed by atoms with Crippen LogP contribution in [0.15, 0.2) is 24.3 Å². The molecule has 1 saturated heterocycles. The number of rotatable bonds is 8. The van der Waals surface area contributed by atoms with Gasteiger partial charge in [0.1, 0.15) is 5.75 Å². The molecule has 1 aromatic carbocycles. The predicted molar refractivity (Wildman–Crippen MR) is 104 cm³/mol. The molecule has 0 unspecified atom stereocenters. The van der Waals surface area contributed by atoms with E-state index in [1.807, 2.05) is 24.3 Å². The standard InChI is InChI=1S/C21H33N3O2/c1-2-15-26-20-9-7-18(8-10-20)16-22-21(25)17-23-11-13-24(14-12-23)19-5-3-4-6-19/h7-10,19H,2-6,11-17H2,1H3,(H,22,25). The second kappa shape index (κ2) is 9.93. The Morgan fingerprint density at radius 1 is 1.12 bits per heavy atom. The molecule has 1 aliphatic carbocycles. The number of nitrogens with zero attached hydrogens (tertiary/aromatic N) is 2. The van der Waals surface area contributed by atoms with Crippen molar-refractivity contribution in [2.24, 2.45) is 0 Å². The van der Waals surface area contributed by atoms with Gasteiger partial charge in [0.2, 0.25) is 5.91 Å². The normalized spacial score (nSPS) is 19.6. The average molecular weight is 360 g/mol. The molecule has 0 aromatic heterocycles. The lowest BCUT2D eigenvalue weighted by Gasteiger charge is -2.37. The molecule has 144 valence electrons. The summed E-state index contributed by atoms with van der Waals surface area (Å²) in [6.07, 6.45) is 6.51. The van der Waals surface area contributed by atoms with Crippen LogP contribution in [-0.4, -0.2) is 61.1 Å². The summed E-state index contributed by atoms with van der Waals surface area (Å²) < 4.78 is 5.58. The van der Waals surface area contributed by atoms with Gasteiger partial charge in [-0.1, -0.05) is 31.9 Å². The molecule has 26 heavy (non-hydrogen) atoms. The number of amides is 1. The fourth-order valence-electron chi connectivity index (χ4n) is 3.94. The quantitative estimate of drug-likeness (QED) is 0.775. The lowest BCUT2D eigenvalue weighted by atomic mass is 10.2. The summed E-state index contributed by atoms with van der Waals surface area (Å²) in [5.41, 5.74) is 1.10. The van der Waals surface area contributed by atoms with Crippen molar-refractivity contribution in [2.45, 2.75) is 51.6 Å². The van der Waals surface area contributed by atoms with E-state index in [-0.39, 0.29) is 5.91 Å². The van der Waals surface area contributed by atoms with Crippen molar-refractivity contribution in [3.8, 4) is 5.75 Å². The van der Waals surface area contributed by atoms with E-state index in [1.54, 1.807) is 0 Å². The van der Waals surface area contributed by atoms with Crippen LogP contribution in [0.4, 0.5) is 0 Å². The molecule has 1 N–H and O–H groups in total. The molecule has 1 heterocycles. The van der Waals surface area contributed by atoms with Crippen LogP contribution in [0.1, 0.15) is 44.6 Å². The molecular formula is C21H33N3O2. The Bertz CT molecular complexity index is 547. The predicted octanol–water partition coefficient (Wildman–Crippen LogP) is 2.65. The van der Waals surface area contributed by atoms with E-state index in [9.17, 15) is 4.79 Å². The molecule has 2 aliphatic rings. The van der Waals surface area contributed by atoms with Crippen molar-refractivity contribution < 1.29 is 9.53 Å². The summed E-state index contributed by atoms with van der Waals surface area (Å²) in [6, 6.07) is 8.78. The van der Waals surface area contributed by atoms with Crippen LogP contribution in [-0.2, 0) is 11.3 Å². The smallest absolute Gasteiger partial charge is 0.234 e. The van der Waals surface area contributed by atoms with Crippen molar-refractivity contribution in [1.82, 2.24) is 15.1 Å². The topological polar surface area (TPSA) is 44.8 Å². The van der Waals surface area contributed by atoms with Crippen LogP contribution in [0.25, 0.3) is 0 Å². The molecule has 3 rings (SSSR count). The Labute approximate surface area is 157 Å². The molecule has 0 bridgehead atoms. The molecule has 0 spiro atoms. The van der Waals surface area contributed by atoms with E-state index in [4.69, 9.17) is 4.74 Å². The van der Waals surface area contributed by atoms with Crippen LogP contribution in [0, 0.1) is 0 Å². The van der Waals surface area contributed by atoms with Crippen molar-refractivity contribution in [3.63, 3.8) is 0 Å². The van der Waals surface area contributed by atoms with Crippen molar-refractivity contribution in [3.05, 3.63) is 29.8 Å². The highest BCUT2D eigenvalue weighted by Gasteiger charge is 2.26. The van der Waals surface area contributed by atoms with E-state index >= 15 is 0 Å². The van der Waals surface area contributed by atoms with Gasteiger partial charge in [0.05, 0.1) is 13.2 Å². The first-order valence-corrected chi connectivity index (χ1v) is 10.2. The first-order valence-electron chi connectivity index (χ1n) is 10.2. The fraction of sp³-hybridized carbons (Fsp3) is 0.667. The van der Waals surface area contributed by atoms with Crippen LogP contribution < -0.4 is 10.1 Å². The lowest BCUT2D eigenvalue weighted by Crippen LogP contribution is -2.51. The number of piperazine rings is 1. The van der Waals surface area contributed by atoms with E-state index < -0.39 is 0 Å². The number of carbonyl (C=O) groups excluding carboxylic acids is 1. The maximum atomic E-state index is 12.2. The SMILES string of the molecule is CCCOc1ccc(CNC(=O)CN2CCN(C3CCCC3)CC2)cc1. The molecule has 0 radical (unpaired) electrons. The van der Waals surface area contributed by atoms with Gasteiger partial charge in [0, 0.05) is 38.8 Å². The molecule has 2 fully saturated rings. The van der Waals surface area contributed by atoms with Crippen LogP contribution in [0.5, 0.6) is 5.75 Å². The van der Waals surface area contributed by atoms with Crippen molar-refractivity contribution in [1.29, 1.82) is 0 Å². The summed E-state index contributed by atoms with van der Waals surface area (Å²) in [7, 11) is 0. The van der Waals surface area contributed by atoms with Gasteiger partial charge in [-0.25, -0.2) is 0 Å². The number of benzene rings is 1. The first kappa shape index (κ1) is 19.2. The summed E-state index contributed by atoms with van der Waals surface area (Å²) in [4.78, 5) is 17.1. The van der Waals surface area contributed by atoms with E-state index in [0.29, 0.717) is 13.1 Å². The van der Waals surface area contributed by atoms with Gasteiger partial charge in [-0.05, 0) is 37.0 Å². The highest BCUT2D eigenvalue weighted by molar-refractivity contribution is 5.78. The molecular weight excluding hydrogens is 326 g/mol. The monoisotopic (exact) mass is 359 g/mol. The highest BCUT2D eigenvalue weighted by atomic mass is 16.5. The Hall–Kier alpha value is -1.59. The Balaban J connectivity index is 1.34. The van der Waals surface area contributed by atoms with Gasteiger partial charge in [0.25, 0.3) is 0 Å². The zero-order valence-corrected chi connectivity index (χ0v) is 16.1. The number of hydrogen-bond donors (Lipinski definition) is 1. The molecule has 5 heteroatoms. The van der Waals surface area contributed by atoms with E-state index in [0.717, 1.165) is 56.6 Å². The van der Waals surface area contributed by atoms with Gasteiger partial charge in [-0.15, -0.1) is 0 Å². The second-order valence-corrected chi connectivity index (χ2v) is 7.52. The molecule has 1 saturated carbocycles. The average Bonchev–Trinajstić information content (AvgIpc) is 3.21. The zero-order chi connectivity index (χ0) is 18.2. The summed E-state index contributed by atoms with van der Waals surface area (Å²) in [5.74, 6) is 1.01. The van der Waals surface area contributed by atoms with E-state index in [2.05, 4.69) is 22.0 Å². The van der Waals surface area contributed by atoms with Crippen molar-refractivity contribution in [2.75, 3.05) is 39.3 Å². The highest BCUT2D eigenvalue weighted by Crippen LogP contribution is 2.24. The minimum atomic E-state index is 0.116. The summed E-state index contributed by atoms with van der Waals surface area (Å²) in [6.45, 7) is 8.16. The molecule has 1 aromatic rings. The largest absolute Gasteiger partial charge is 0.494 e. The van der Waals surface area contributed by atoms with Gasteiger partial charge in [-0.2, -0.15) is 0 Å². The third-order valence-corrected chi connectivity index (χ3v) is 5.50. The van der Waals surface area contributed by atoms with E-state index in [1.165, 1.54) is 25.7 Å². The number of nitrogens with one attached hydrogen (secondary N) is 1. The van der Waals surface area contributed by atoms with Gasteiger partial charge in [-0.3, -0.25) is 14.6 Å². The fourth-order valence-corrected chi connectivity index (χ4v) is 3.94. The Morgan fingerprint density at radius 3 is 2.46 bits per heavy atom. The molecule has 1 aliphatic heterocycles. The number of carbonyl (C=O) groups is 1. The van der Waals surface area contributed by atoms with Gasteiger partial charge in [0.15, 0.2) is 0 Å². The third-order valence-electron chi connectivity index (χ3n) is 5.50. The van der Waals surface area contributed by atoms with Crippen LogP contribution in [0.2, 0.25) is 0 Å².